The van der Waals surface area contributed by atoms with Gasteiger partial charge >= 0.3 is 0 Å². The summed E-state index contributed by atoms with van der Waals surface area (Å²) in [6.07, 6.45) is 4.73. The monoisotopic (exact) mass is 252 g/mol. The molecule has 1 aliphatic rings. The van der Waals surface area contributed by atoms with E-state index in [0.29, 0.717) is 6.42 Å². The number of hydrogen-bond donors (Lipinski definition) is 1. The predicted octanol–water partition coefficient (Wildman–Crippen LogP) is 2.02. The maximum atomic E-state index is 11.9. The Bertz CT molecular complexity index is 350. The van der Waals surface area contributed by atoms with Crippen LogP contribution >= 0.6 is 11.3 Å². The maximum absolute atomic E-state index is 11.9. The molecule has 4 heteroatoms. The highest BCUT2D eigenvalue weighted by molar-refractivity contribution is 7.09. The van der Waals surface area contributed by atoms with Crippen LogP contribution in [-0.2, 0) is 11.2 Å². The molecule has 1 fully saturated rings. The molecule has 0 saturated carbocycles. The number of aryl methyl sites for hydroxylation is 1. The molecule has 0 unspecified atom stereocenters. The van der Waals surface area contributed by atoms with Gasteiger partial charge < -0.3 is 10.6 Å². The summed E-state index contributed by atoms with van der Waals surface area (Å²) < 4.78 is 0. The van der Waals surface area contributed by atoms with Gasteiger partial charge in [-0.15, -0.1) is 11.3 Å². The van der Waals surface area contributed by atoms with Crippen LogP contribution in [-0.4, -0.2) is 29.9 Å². The molecule has 2 rings (SSSR count). The van der Waals surface area contributed by atoms with Gasteiger partial charge in [0.05, 0.1) is 0 Å². The Labute approximate surface area is 107 Å². The van der Waals surface area contributed by atoms with E-state index in [2.05, 4.69) is 17.5 Å². The van der Waals surface area contributed by atoms with Crippen molar-refractivity contribution in [3.63, 3.8) is 0 Å². The lowest BCUT2D eigenvalue weighted by Gasteiger charge is -2.30. The van der Waals surface area contributed by atoms with Crippen molar-refractivity contribution in [1.82, 2.24) is 4.90 Å². The summed E-state index contributed by atoms with van der Waals surface area (Å²) in [6.45, 7) is 1.64. The zero-order chi connectivity index (χ0) is 12.1. The molecule has 1 aliphatic heterocycles. The van der Waals surface area contributed by atoms with Crippen molar-refractivity contribution in [3.05, 3.63) is 22.4 Å². The lowest BCUT2D eigenvalue weighted by molar-refractivity contribution is -0.132. The normalized spacial score (nSPS) is 20.5. The molecule has 0 aliphatic carbocycles. The van der Waals surface area contributed by atoms with E-state index in [9.17, 15) is 4.79 Å². The molecule has 1 saturated heterocycles. The van der Waals surface area contributed by atoms with Crippen LogP contribution in [0.5, 0.6) is 0 Å². The predicted molar refractivity (Wildman–Crippen MR) is 71.0 cm³/mol. The van der Waals surface area contributed by atoms with Crippen LogP contribution in [0.2, 0.25) is 0 Å². The van der Waals surface area contributed by atoms with E-state index in [1.54, 1.807) is 11.3 Å². The van der Waals surface area contributed by atoms with E-state index in [0.717, 1.165) is 38.8 Å². The molecule has 1 amide bonds. The zero-order valence-corrected chi connectivity index (χ0v) is 10.9. The summed E-state index contributed by atoms with van der Waals surface area (Å²) in [5.74, 6) is 0.275. The third-order valence-electron chi connectivity index (χ3n) is 3.20. The number of nitrogens with zero attached hydrogens (tertiary/aromatic N) is 1. The Hall–Kier alpha value is -0.870. The fourth-order valence-electron chi connectivity index (χ4n) is 2.26. The summed E-state index contributed by atoms with van der Waals surface area (Å²) in [5, 5.41) is 2.08. The van der Waals surface area contributed by atoms with Gasteiger partial charge in [0.2, 0.25) is 5.91 Å². The molecule has 0 spiro atoms. The molecule has 1 atom stereocenters. The first kappa shape index (κ1) is 12.6. The molecule has 94 valence electrons. The number of amides is 1. The first-order chi connectivity index (χ1) is 8.25. The van der Waals surface area contributed by atoms with Gasteiger partial charge in [-0.1, -0.05) is 6.07 Å². The Balaban J connectivity index is 1.70. The molecule has 2 N–H and O–H groups in total. The Morgan fingerprint density at radius 1 is 1.59 bits per heavy atom. The van der Waals surface area contributed by atoms with Gasteiger partial charge in [-0.3, -0.25) is 4.79 Å². The summed E-state index contributed by atoms with van der Waals surface area (Å²) in [7, 11) is 0. The smallest absolute Gasteiger partial charge is 0.222 e. The van der Waals surface area contributed by atoms with Crippen LogP contribution in [0.25, 0.3) is 0 Å². The topological polar surface area (TPSA) is 46.3 Å². The average molecular weight is 252 g/mol. The first-order valence-electron chi connectivity index (χ1n) is 6.31. The molecule has 3 nitrogen and oxygen atoms in total. The second-order valence-corrected chi connectivity index (χ2v) is 5.71. The quantitative estimate of drug-likeness (QED) is 0.891. The van der Waals surface area contributed by atoms with Gasteiger partial charge in [0, 0.05) is 30.4 Å². The molecule has 0 aromatic carbocycles. The SMILES string of the molecule is N[C@@H]1CCCN(C(=O)CCCc2cccs2)C1. The minimum Gasteiger partial charge on any atom is -0.341 e. The second kappa shape index (κ2) is 6.17. The second-order valence-electron chi connectivity index (χ2n) is 4.67. The van der Waals surface area contributed by atoms with Crippen LogP contribution in [0.1, 0.15) is 30.6 Å². The number of piperidine rings is 1. The highest BCUT2D eigenvalue weighted by atomic mass is 32.1. The largest absolute Gasteiger partial charge is 0.341 e. The van der Waals surface area contributed by atoms with Crippen LogP contribution in [0.15, 0.2) is 17.5 Å². The van der Waals surface area contributed by atoms with Crippen LogP contribution < -0.4 is 5.73 Å². The summed E-state index contributed by atoms with van der Waals surface area (Å²) in [4.78, 5) is 15.2. The van der Waals surface area contributed by atoms with E-state index in [1.165, 1.54) is 4.88 Å². The fourth-order valence-corrected chi connectivity index (χ4v) is 3.01. The third-order valence-corrected chi connectivity index (χ3v) is 4.14. The van der Waals surface area contributed by atoms with Crippen molar-refractivity contribution in [2.24, 2.45) is 5.73 Å². The highest BCUT2D eigenvalue weighted by Crippen LogP contribution is 2.14. The van der Waals surface area contributed by atoms with Crippen LogP contribution in [0, 0.1) is 0 Å². The molecule has 1 aromatic heterocycles. The zero-order valence-electron chi connectivity index (χ0n) is 10.1. The van der Waals surface area contributed by atoms with Gasteiger partial charge in [-0.25, -0.2) is 0 Å². The van der Waals surface area contributed by atoms with Gasteiger partial charge in [-0.05, 0) is 37.1 Å². The Morgan fingerprint density at radius 2 is 2.47 bits per heavy atom. The van der Waals surface area contributed by atoms with Crippen molar-refractivity contribution in [2.45, 2.75) is 38.1 Å². The van der Waals surface area contributed by atoms with E-state index < -0.39 is 0 Å². The number of carbonyl (C=O) groups excluding carboxylic acids is 1. The lowest BCUT2D eigenvalue weighted by atomic mass is 10.1. The fraction of sp³-hybridized carbons (Fsp3) is 0.615. The van der Waals surface area contributed by atoms with Crippen molar-refractivity contribution < 1.29 is 4.79 Å². The van der Waals surface area contributed by atoms with E-state index >= 15 is 0 Å². The summed E-state index contributed by atoms with van der Waals surface area (Å²) in [5.41, 5.74) is 5.88. The number of nitrogens with two attached hydrogens (primary N) is 1. The van der Waals surface area contributed by atoms with Gasteiger partial charge in [0.1, 0.15) is 0 Å². The van der Waals surface area contributed by atoms with Crippen molar-refractivity contribution >= 4 is 17.2 Å². The number of hydrogen-bond acceptors (Lipinski definition) is 3. The number of likely N-dealkylation sites (tertiary alicyclic amines) is 1. The lowest BCUT2D eigenvalue weighted by Crippen LogP contribution is -2.45. The third kappa shape index (κ3) is 3.82. The van der Waals surface area contributed by atoms with Crippen molar-refractivity contribution in [1.29, 1.82) is 0 Å². The minimum atomic E-state index is 0.185. The molecule has 2 heterocycles. The standard InChI is InChI=1S/C13H20N2OS/c14-11-4-2-8-15(10-11)13(16)7-1-5-12-6-3-9-17-12/h3,6,9,11H,1-2,4-5,7-8,10,14H2/t11-/m1/s1. The molecule has 17 heavy (non-hydrogen) atoms. The van der Waals surface area contributed by atoms with Crippen molar-refractivity contribution in [3.8, 4) is 0 Å². The average Bonchev–Trinajstić information content (AvgIpc) is 2.82. The van der Waals surface area contributed by atoms with Crippen LogP contribution in [0.4, 0.5) is 0 Å². The van der Waals surface area contributed by atoms with Crippen molar-refractivity contribution in [2.75, 3.05) is 13.1 Å². The molecular weight excluding hydrogens is 232 g/mol. The van der Waals surface area contributed by atoms with Gasteiger partial charge in [0.25, 0.3) is 0 Å². The van der Waals surface area contributed by atoms with E-state index in [1.807, 2.05) is 4.90 Å². The van der Waals surface area contributed by atoms with Gasteiger partial charge in [-0.2, -0.15) is 0 Å². The maximum Gasteiger partial charge on any atom is 0.222 e. The van der Waals surface area contributed by atoms with Crippen LogP contribution in [0.3, 0.4) is 0 Å². The number of carbonyl (C=O) groups is 1. The van der Waals surface area contributed by atoms with E-state index in [4.69, 9.17) is 5.73 Å². The molecular formula is C13H20N2OS. The number of thiophene rings is 1. The molecule has 1 aromatic rings. The minimum absolute atomic E-state index is 0.185. The summed E-state index contributed by atoms with van der Waals surface area (Å²) in [6, 6.07) is 4.38. The Kier molecular flexibility index (Phi) is 4.57. The molecule has 0 bridgehead atoms. The Morgan fingerprint density at radius 3 is 3.18 bits per heavy atom. The highest BCUT2D eigenvalue weighted by Gasteiger charge is 2.20. The number of rotatable bonds is 4. The molecule has 0 radical (unpaired) electrons. The van der Waals surface area contributed by atoms with Gasteiger partial charge in [0.15, 0.2) is 0 Å². The first-order valence-corrected chi connectivity index (χ1v) is 7.19. The summed E-state index contributed by atoms with van der Waals surface area (Å²) >= 11 is 1.77. The van der Waals surface area contributed by atoms with E-state index in [-0.39, 0.29) is 11.9 Å².